The van der Waals surface area contributed by atoms with Gasteiger partial charge in [0.15, 0.2) is 5.58 Å². The number of anilines is 1. The highest BCUT2D eigenvalue weighted by Gasteiger charge is 2.40. The first kappa shape index (κ1) is 17.0. The van der Waals surface area contributed by atoms with Crippen molar-refractivity contribution in [3.8, 4) is 0 Å². The zero-order chi connectivity index (χ0) is 18.4. The Morgan fingerprint density at radius 3 is 2.81 bits per heavy atom. The van der Waals surface area contributed by atoms with Crippen LogP contribution >= 0.6 is 0 Å². The van der Waals surface area contributed by atoms with Crippen molar-refractivity contribution in [1.82, 2.24) is 15.2 Å². The molecule has 3 heterocycles. The number of fused-ring (bicyclic) bond motifs is 2. The maximum atomic E-state index is 13.0. The minimum atomic E-state index is 0.0250. The largest absolute Gasteiger partial charge is 0.423 e. The van der Waals surface area contributed by atoms with Gasteiger partial charge in [0, 0.05) is 32.2 Å². The molecule has 1 aromatic heterocycles. The number of rotatable bonds is 2. The van der Waals surface area contributed by atoms with Crippen LogP contribution in [0.4, 0.5) is 6.01 Å². The third kappa shape index (κ3) is 3.20. The SMILES string of the molecule is Cc1ccc2oc(N3CCN(C(=O)C4CC5CCCCC5N4)CC3)nc2c1. The maximum Gasteiger partial charge on any atom is 0.298 e. The van der Waals surface area contributed by atoms with Crippen LogP contribution in [-0.2, 0) is 4.79 Å². The standard InChI is InChI=1S/C21H28N4O2/c1-14-6-7-19-17(12-14)23-21(27-19)25-10-8-24(9-11-25)20(26)18-13-15-4-2-3-5-16(15)22-18/h6-7,12,15-16,18,22H,2-5,8-11,13H2,1H3. The van der Waals surface area contributed by atoms with Crippen molar-refractivity contribution in [2.45, 2.75) is 51.1 Å². The van der Waals surface area contributed by atoms with Crippen LogP contribution in [0, 0.1) is 12.8 Å². The minimum absolute atomic E-state index is 0.0250. The molecule has 3 unspecified atom stereocenters. The van der Waals surface area contributed by atoms with Crippen molar-refractivity contribution in [2.24, 2.45) is 5.92 Å². The average molecular weight is 368 g/mol. The van der Waals surface area contributed by atoms with Crippen molar-refractivity contribution < 1.29 is 9.21 Å². The fraction of sp³-hybridized carbons (Fsp3) is 0.619. The first-order chi connectivity index (χ1) is 13.2. The van der Waals surface area contributed by atoms with Crippen LogP contribution in [0.25, 0.3) is 11.1 Å². The fourth-order valence-electron chi connectivity index (χ4n) is 5.01. The molecule has 6 heteroatoms. The summed E-state index contributed by atoms with van der Waals surface area (Å²) in [4.78, 5) is 21.8. The number of benzene rings is 1. The summed E-state index contributed by atoms with van der Waals surface area (Å²) in [6.45, 7) is 5.09. The molecule has 27 heavy (non-hydrogen) atoms. The molecule has 0 spiro atoms. The van der Waals surface area contributed by atoms with Gasteiger partial charge >= 0.3 is 0 Å². The number of nitrogens with zero attached hydrogens (tertiary/aromatic N) is 3. The molecule has 1 amide bonds. The molecule has 1 saturated carbocycles. The lowest BCUT2D eigenvalue weighted by molar-refractivity contribution is -0.133. The lowest BCUT2D eigenvalue weighted by Gasteiger charge is -2.35. The second-order valence-electron chi connectivity index (χ2n) is 8.39. The summed E-state index contributed by atoms with van der Waals surface area (Å²) < 4.78 is 5.92. The zero-order valence-corrected chi connectivity index (χ0v) is 16.0. The lowest BCUT2D eigenvalue weighted by atomic mass is 9.85. The van der Waals surface area contributed by atoms with Gasteiger partial charge in [0.25, 0.3) is 6.01 Å². The second kappa shape index (κ2) is 6.82. The van der Waals surface area contributed by atoms with E-state index in [0.717, 1.165) is 43.7 Å². The van der Waals surface area contributed by atoms with Gasteiger partial charge in [-0.2, -0.15) is 4.98 Å². The highest BCUT2D eigenvalue weighted by atomic mass is 16.4. The molecule has 2 aromatic rings. The van der Waals surface area contributed by atoms with Gasteiger partial charge in [-0.3, -0.25) is 4.79 Å². The molecule has 3 fully saturated rings. The molecular formula is C21H28N4O2. The van der Waals surface area contributed by atoms with Crippen LogP contribution in [0.15, 0.2) is 22.6 Å². The normalized spacial score (nSPS) is 28.6. The van der Waals surface area contributed by atoms with Crippen molar-refractivity contribution >= 4 is 23.0 Å². The predicted octanol–water partition coefficient (Wildman–Crippen LogP) is 2.71. The molecule has 2 aliphatic heterocycles. The Kier molecular flexibility index (Phi) is 4.31. The predicted molar refractivity (Wildman–Crippen MR) is 105 cm³/mol. The summed E-state index contributed by atoms with van der Waals surface area (Å²) in [5.74, 6) is 0.995. The van der Waals surface area contributed by atoms with Gasteiger partial charge in [0.1, 0.15) is 5.52 Å². The second-order valence-corrected chi connectivity index (χ2v) is 8.39. The van der Waals surface area contributed by atoms with E-state index in [0.29, 0.717) is 18.0 Å². The van der Waals surface area contributed by atoms with E-state index in [1.54, 1.807) is 0 Å². The molecule has 0 bridgehead atoms. The minimum Gasteiger partial charge on any atom is -0.423 e. The van der Waals surface area contributed by atoms with Crippen molar-refractivity contribution in [3.63, 3.8) is 0 Å². The van der Waals surface area contributed by atoms with Gasteiger partial charge in [-0.15, -0.1) is 0 Å². The Morgan fingerprint density at radius 1 is 1.19 bits per heavy atom. The molecule has 1 aromatic carbocycles. The van der Waals surface area contributed by atoms with Crippen LogP contribution in [0.1, 0.15) is 37.7 Å². The number of nitrogens with one attached hydrogen (secondary N) is 1. The fourth-order valence-corrected chi connectivity index (χ4v) is 5.01. The highest BCUT2D eigenvalue weighted by Crippen LogP contribution is 2.34. The van der Waals surface area contributed by atoms with Crippen LogP contribution < -0.4 is 10.2 Å². The van der Waals surface area contributed by atoms with Gasteiger partial charge in [-0.1, -0.05) is 18.9 Å². The lowest BCUT2D eigenvalue weighted by Crippen LogP contribution is -2.53. The van der Waals surface area contributed by atoms with E-state index >= 15 is 0 Å². The first-order valence-electron chi connectivity index (χ1n) is 10.3. The van der Waals surface area contributed by atoms with E-state index < -0.39 is 0 Å². The number of aryl methyl sites for hydroxylation is 1. The zero-order valence-electron chi connectivity index (χ0n) is 16.0. The molecule has 0 radical (unpaired) electrons. The van der Waals surface area contributed by atoms with E-state index in [9.17, 15) is 4.79 Å². The van der Waals surface area contributed by atoms with Gasteiger partial charge in [-0.25, -0.2) is 0 Å². The number of hydrogen-bond acceptors (Lipinski definition) is 5. The summed E-state index contributed by atoms with van der Waals surface area (Å²) in [5, 5.41) is 3.62. The van der Waals surface area contributed by atoms with Gasteiger partial charge < -0.3 is 19.5 Å². The summed E-state index contributed by atoms with van der Waals surface area (Å²) in [5.41, 5.74) is 2.91. The van der Waals surface area contributed by atoms with Crippen LogP contribution in [0.5, 0.6) is 0 Å². The van der Waals surface area contributed by atoms with Crippen molar-refractivity contribution in [3.05, 3.63) is 23.8 Å². The highest BCUT2D eigenvalue weighted by molar-refractivity contribution is 5.82. The van der Waals surface area contributed by atoms with Crippen LogP contribution in [0.2, 0.25) is 0 Å². The van der Waals surface area contributed by atoms with E-state index in [1.807, 2.05) is 23.1 Å². The topological polar surface area (TPSA) is 61.6 Å². The number of carbonyl (C=O) groups excluding carboxylic acids is 1. The third-order valence-corrected chi connectivity index (χ3v) is 6.55. The van der Waals surface area contributed by atoms with Gasteiger partial charge in [0.05, 0.1) is 6.04 Å². The molecule has 144 valence electrons. The number of hydrogen-bond donors (Lipinski definition) is 1. The number of carbonyl (C=O) groups is 1. The first-order valence-corrected chi connectivity index (χ1v) is 10.3. The molecule has 1 aliphatic carbocycles. The Balaban J connectivity index is 1.21. The molecule has 5 rings (SSSR count). The van der Waals surface area contributed by atoms with Gasteiger partial charge in [-0.05, 0) is 49.8 Å². The molecule has 3 aliphatic rings. The number of oxazole rings is 1. The maximum absolute atomic E-state index is 13.0. The third-order valence-electron chi connectivity index (χ3n) is 6.55. The summed E-state index contributed by atoms with van der Waals surface area (Å²) >= 11 is 0. The Labute approximate surface area is 159 Å². The quantitative estimate of drug-likeness (QED) is 0.883. The number of piperazine rings is 1. The van der Waals surface area contributed by atoms with E-state index in [2.05, 4.69) is 22.1 Å². The average Bonchev–Trinajstić information content (AvgIpc) is 3.31. The van der Waals surface area contributed by atoms with E-state index in [4.69, 9.17) is 4.42 Å². The molecule has 6 nitrogen and oxygen atoms in total. The van der Waals surface area contributed by atoms with E-state index in [1.165, 1.54) is 31.2 Å². The monoisotopic (exact) mass is 368 g/mol. The Hall–Kier alpha value is -2.08. The molecule has 1 N–H and O–H groups in total. The van der Waals surface area contributed by atoms with Crippen molar-refractivity contribution in [2.75, 3.05) is 31.1 Å². The molecule has 2 saturated heterocycles. The smallest absolute Gasteiger partial charge is 0.298 e. The van der Waals surface area contributed by atoms with E-state index in [-0.39, 0.29) is 11.9 Å². The van der Waals surface area contributed by atoms with Gasteiger partial charge in [0.2, 0.25) is 5.91 Å². The molecule has 3 atom stereocenters. The number of amides is 1. The summed E-state index contributed by atoms with van der Waals surface area (Å²) in [7, 11) is 0. The number of aromatic nitrogens is 1. The Morgan fingerprint density at radius 2 is 2.00 bits per heavy atom. The summed E-state index contributed by atoms with van der Waals surface area (Å²) in [6.07, 6.45) is 6.17. The molecular weight excluding hydrogens is 340 g/mol. The van der Waals surface area contributed by atoms with Crippen molar-refractivity contribution in [1.29, 1.82) is 0 Å². The Bertz CT molecular complexity index is 826. The van der Waals surface area contributed by atoms with Crippen LogP contribution in [0.3, 0.4) is 0 Å². The van der Waals surface area contributed by atoms with Crippen LogP contribution in [-0.4, -0.2) is 54.1 Å². The summed E-state index contributed by atoms with van der Waals surface area (Å²) in [6, 6.07) is 7.33.